The number of fused-ring (bicyclic) bond motifs is 1. The lowest BCUT2D eigenvalue weighted by Gasteiger charge is -2.30. The minimum absolute atomic E-state index is 0.201. The molecule has 1 aromatic carbocycles. The molecule has 0 aliphatic carbocycles. The van der Waals surface area contributed by atoms with Crippen molar-refractivity contribution in [3.63, 3.8) is 0 Å². The average molecular weight is 320 g/mol. The molecule has 0 radical (unpaired) electrons. The van der Waals surface area contributed by atoms with Gasteiger partial charge in [0.15, 0.2) is 0 Å². The van der Waals surface area contributed by atoms with Crippen LogP contribution in [-0.2, 0) is 4.74 Å². The Morgan fingerprint density at radius 3 is 2.86 bits per heavy atom. The summed E-state index contributed by atoms with van der Waals surface area (Å²) >= 11 is 1.58. The van der Waals surface area contributed by atoms with Gasteiger partial charge in [-0.1, -0.05) is 23.5 Å². The van der Waals surface area contributed by atoms with Crippen molar-refractivity contribution in [1.29, 1.82) is 0 Å². The van der Waals surface area contributed by atoms with E-state index in [1.165, 1.54) is 0 Å². The van der Waals surface area contributed by atoms with Crippen molar-refractivity contribution in [3.05, 3.63) is 24.3 Å². The van der Waals surface area contributed by atoms with Crippen LogP contribution in [-0.4, -0.2) is 42.3 Å². The van der Waals surface area contributed by atoms with Crippen LogP contribution in [0.15, 0.2) is 24.3 Å². The Hall–Kier alpha value is -1.82. The number of amides is 1. The summed E-state index contributed by atoms with van der Waals surface area (Å²) in [6.07, 6.45) is 1.70. The van der Waals surface area contributed by atoms with E-state index in [0.29, 0.717) is 19.1 Å². The first-order valence-corrected chi connectivity index (χ1v) is 8.48. The molecule has 6 heteroatoms. The summed E-state index contributed by atoms with van der Waals surface area (Å²) in [7, 11) is 0. The first-order valence-electron chi connectivity index (χ1n) is 7.66. The molecule has 22 heavy (non-hydrogen) atoms. The highest BCUT2D eigenvalue weighted by Gasteiger charge is 2.24. The Morgan fingerprint density at radius 2 is 2.14 bits per heavy atom. The Bertz CT molecular complexity index is 602. The molecular weight excluding hydrogens is 300 g/mol. The zero-order valence-corrected chi connectivity index (χ0v) is 13.5. The number of benzene rings is 1. The topological polar surface area (TPSA) is 51.7 Å². The molecule has 0 atom stereocenters. The third-order valence-electron chi connectivity index (χ3n) is 3.86. The largest absolute Gasteiger partial charge is 0.470 e. The molecule has 1 aliphatic rings. The van der Waals surface area contributed by atoms with Gasteiger partial charge in [0.25, 0.3) is 5.19 Å². The second-order valence-corrected chi connectivity index (χ2v) is 6.38. The molecule has 1 amide bonds. The number of hydrogen-bond donors (Lipinski definition) is 0. The molecule has 118 valence electrons. The summed E-state index contributed by atoms with van der Waals surface area (Å²) in [5.74, 6) is 0.470. The van der Waals surface area contributed by atoms with Gasteiger partial charge in [-0.3, -0.25) is 0 Å². The number of piperidine rings is 1. The van der Waals surface area contributed by atoms with Gasteiger partial charge in [-0.2, -0.15) is 0 Å². The summed E-state index contributed by atoms with van der Waals surface area (Å²) < 4.78 is 12.0. The van der Waals surface area contributed by atoms with Crippen molar-refractivity contribution in [2.45, 2.75) is 19.8 Å². The molecule has 2 heterocycles. The highest BCUT2D eigenvalue weighted by atomic mass is 32.1. The van der Waals surface area contributed by atoms with Gasteiger partial charge in [-0.25, -0.2) is 9.78 Å². The summed E-state index contributed by atoms with van der Waals surface area (Å²) in [6.45, 7) is 4.41. The number of likely N-dealkylation sites (tertiary alicyclic amines) is 1. The monoisotopic (exact) mass is 320 g/mol. The normalized spacial score (nSPS) is 16.0. The first-order chi connectivity index (χ1) is 10.8. The third kappa shape index (κ3) is 3.50. The number of hydrogen-bond acceptors (Lipinski definition) is 5. The van der Waals surface area contributed by atoms with Crippen LogP contribution in [0.5, 0.6) is 5.19 Å². The molecule has 3 rings (SSSR count). The smallest absolute Gasteiger partial charge is 0.409 e. The maximum Gasteiger partial charge on any atom is 0.409 e. The van der Waals surface area contributed by atoms with Gasteiger partial charge < -0.3 is 14.4 Å². The number of thiazole rings is 1. The van der Waals surface area contributed by atoms with Crippen LogP contribution in [0.3, 0.4) is 0 Å². The van der Waals surface area contributed by atoms with E-state index in [0.717, 1.165) is 41.3 Å². The molecule has 2 aromatic rings. The molecule has 0 saturated carbocycles. The van der Waals surface area contributed by atoms with Crippen LogP contribution in [0, 0.1) is 5.92 Å². The predicted octanol–water partition coefficient (Wildman–Crippen LogP) is 3.54. The SMILES string of the molecule is CCOC(=O)N1CCC(COc2nc3ccccc3s2)CC1. The fourth-order valence-electron chi connectivity index (χ4n) is 2.60. The highest BCUT2D eigenvalue weighted by molar-refractivity contribution is 7.20. The number of para-hydroxylation sites is 1. The second-order valence-electron chi connectivity index (χ2n) is 5.39. The molecule has 1 aromatic heterocycles. The number of aromatic nitrogens is 1. The van der Waals surface area contributed by atoms with Gasteiger partial charge in [-0.15, -0.1) is 0 Å². The van der Waals surface area contributed by atoms with Gasteiger partial charge in [0.2, 0.25) is 0 Å². The van der Waals surface area contributed by atoms with E-state index < -0.39 is 0 Å². The Labute approximate surface area is 133 Å². The van der Waals surface area contributed by atoms with Crippen molar-refractivity contribution in [2.24, 2.45) is 5.92 Å². The summed E-state index contributed by atoms with van der Waals surface area (Å²) in [5, 5.41) is 0.731. The van der Waals surface area contributed by atoms with E-state index in [2.05, 4.69) is 11.1 Å². The Balaban J connectivity index is 1.48. The van der Waals surface area contributed by atoms with Gasteiger partial charge in [0, 0.05) is 13.1 Å². The molecule has 1 saturated heterocycles. The molecule has 0 N–H and O–H groups in total. The minimum atomic E-state index is -0.201. The van der Waals surface area contributed by atoms with Crippen LogP contribution in [0.4, 0.5) is 4.79 Å². The maximum atomic E-state index is 11.6. The summed E-state index contributed by atoms with van der Waals surface area (Å²) in [5.41, 5.74) is 0.986. The summed E-state index contributed by atoms with van der Waals surface area (Å²) in [4.78, 5) is 17.9. The van der Waals surface area contributed by atoms with Crippen LogP contribution < -0.4 is 4.74 Å². The van der Waals surface area contributed by atoms with Gasteiger partial charge in [-0.05, 0) is 37.8 Å². The van der Waals surface area contributed by atoms with Gasteiger partial charge in [0.05, 0.1) is 23.4 Å². The van der Waals surface area contributed by atoms with E-state index in [4.69, 9.17) is 9.47 Å². The lowest BCUT2D eigenvalue weighted by molar-refractivity contribution is 0.0845. The molecule has 5 nitrogen and oxygen atoms in total. The Kier molecular flexibility index (Phi) is 4.77. The quantitative estimate of drug-likeness (QED) is 0.864. The van der Waals surface area contributed by atoms with Crippen molar-refractivity contribution >= 4 is 27.6 Å². The number of carbonyl (C=O) groups is 1. The number of carbonyl (C=O) groups excluding carboxylic acids is 1. The number of nitrogens with zero attached hydrogens (tertiary/aromatic N) is 2. The first kappa shape index (κ1) is 15.1. The molecular formula is C16H20N2O3S. The number of rotatable bonds is 4. The lowest BCUT2D eigenvalue weighted by Crippen LogP contribution is -2.40. The van der Waals surface area contributed by atoms with Crippen LogP contribution in [0.25, 0.3) is 10.2 Å². The fraction of sp³-hybridized carbons (Fsp3) is 0.500. The average Bonchev–Trinajstić information content (AvgIpc) is 2.96. The van der Waals surface area contributed by atoms with E-state index in [-0.39, 0.29) is 6.09 Å². The van der Waals surface area contributed by atoms with Crippen LogP contribution in [0.1, 0.15) is 19.8 Å². The van der Waals surface area contributed by atoms with Crippen molar-refractivity contribution < 1.29 is 14.3 Å². The fourth-order valence-corrected chi connectivity index (χ4v) is 3.42. The van der Waals surface area contributed by atoms with Crippen molar-refractivity contribution in [2.75, 3.05) is 26.3 Å². The van der Waals surface area contributed by atoms with E-state index >= 15 is 0 Å². The summed E-state index contributed by atoms with van der Waals surface area (Å²) in [6, 6.07) is 8.04. The van der Waals surface area contributed by atoms with Gasteiger partial charge in [0.1, 0.15) is 0 Å². The zero-order chi connectivity index (χ0) is 15.4. The second kappa shape index (κ2) is 6.96. The van der Waals surface area contributed by atoms with Crippen LogP contribution >= 0.6 is 11.3 Å². The molecule has 1 fully saturated rings. The molecule has 0 unspecified atom stereocenters. The van der Waals surface area contributed by atoms with E-state index in [1.54, 1.807) is 16.2 Å². The predicted molar refractivity (Wildman–Crippen MR) is 86.4 cm³/mol. The third-order valence-corrected chi connectivity index (χ3v) is 4.81. The molecule has 0 bridgehead atoms. The highest BCUT2D eigenvalue weighted by Crippen LogP contribution is 2.28. The van der Waals surface area contributed by atoms with Gasteiger partial charge >= 0.3 is 6.09 Å². The van der Waals surface area contributed by atoms with E-state index in [9.17, 15) is 4.79 Å². The minimum Gasteiger partial charge on any atom is -0.470 e. The van der Waals surface area contributed by atoms with Crippen molar-refractivity contribution in [1.82, 2.24) is 9.88 Å². The Morgan fingerprint density at radius 1 is 1.36 bits per heavy atom. The molecule has 0 spiro atoms. The zero-order valence-electron chi connectivity index (χ0n) is 12.7. The standard InChI is InChI=1S/C16H20N2O3S/c1-2-20-16(19)18-9-7-12(8-10-18)11-21-15-17-13-5-3-4-6-14(13)22-15/h3-6,12H,2,7-11H2,1H3. The van der Waals surface area contributed by atoms with Crippen molar-refractivity contribution in [3.8, 4) is 5.19 Å². The lowest BCUT2D eigenvalue weighted by atomic mass is 9.98. The molecule has 1 aliphatic heterocycles. The maximum absolute atomic E-state index is 11.6. The number of ether oxygens (including phenoxy) is 2. The van der Waals surface area contributed by atoms with E-state index in [1.807, 2.05) is 25.1 Å². The van der Waals surface area contributed by atoms with Crippen LogP contribution in [0.2, 0.25) is 0 Å².